The van der Waals surface area contributed by atoms with Crippen LogP contribution in [0.2, 0.25) is 0 Å². The molecule has 4 aromatic rings. The van der Waals surface area contributed by atoms with E-state index in [1.807, 2.05) is 72.8 Å². The lowest BCUT2D eigenvalue weighted by atomic mass is 9.84. The van der Waals surface area contributed by atoms with Crippen molar-refractivity contribution >= 4 is 12.0 Å². The Morgan fingerprint density at radius 3 is 1.87 bits per heavy atom. The third kappa shape index (κ3) is 5.74. The van der Waals surface area contributed by atoms with E-state index in [1.54, 1.807) is 19.2 Å². The van der Waals surface area contributed by atoms with Crippen molar-refractivity contribution in [2.24, 2.45) is 0 Å². The first-order chi connectivity index (χ1) is 22.5. The molecule has 0 aliphatic carbocycles. The first-order valence-corrected chi connectivity index (χ1v) is 14.8. The molecule has 1 unspecified atom stereocenters. The van der Waals surface area contributed by atoms with Gasteiger partial charge in [-0.05, 0) is 46.5 Å². The summed E-state index contributed by atoms with van der Waals surface area (Å²) in [5, 5.41) is 0. The molecule has 2 heterocycles. The Hall–Kier alpha value is -5.38. The molecule has 0 spiro atoms. The van der Waals surface area contributed by atoms with Gasteiger partial charge in [0.25, 0.3) is 0 Å². The van der Waals surface area contributed by atoms with Crippen LogP contribution in [-0.2, 0) is 9.53 Å². The van der Waals surface area contributed by atoms with Crippen molar-refractivity contribution in [3.63, 3.8) is 0 Å². The molecule has 2 amide bonds. The van der Waals surface area contributed by atoms with Crippen LogP contribution in [0, 0.1) is 0 Å². The SMILES string of the molecule is COc1cc(C(CC(=O)N2C(=O)OC[C@H]2C(c2ccccc2)c2ccccc2)c2cc(OC)c3c(c2)OCO3)cc(OC)c1OC. The standard InChI is InChI=1S/C36H35NO9/c1-40-28-15-24(16-29(41-2)34(28)43-4)26(25-17-30(42-3)35-31(18-25)45-21-46-35)19-32(38)37-27(20-44-36(37)39)33(22-11-7-5-8-12-22)23-13-9-6-10-14-23/h5-18,26-27,33H,19-21H2,1-4H3/t26?,27-/m0/s1. The van der Waals surface area contributed by atoms with Gasteiger partial charge in [0, 0.05) is 18.3 Å². The number of fused-ring (bicyclic) bond motifs is 1. The molecule has 0 saturated carbocycles. The smallest absolute Gasteiger partial charge is 0.417 e. The van der Waals surface area contributed by atoms with Crippen molar-refractivity contribution in [2.45, 2.75) is 24.3 Å². The van der Waals surface area contributed by atoms with Crippen molar-refractivity contribution < 1.29 is 42.7 Å². The Bertz CT molecular complexity index is 1650. The lowest BCUT2D eigenvalue weighted by Gasteiger charge is -2.30. The molecule has 10 nitrogen and oxygen atoms in total. The van der Waals surface area contributed by atoms with E-state index >= 15 is 0 Å². The van der Waals surface area contributed by atoms with Crippen LogP contribution in [0.25, 0.3) is 0 Å². The van der Waals surface area contributed by atoms with Crippen LogP contribution in [0.3, 0.4) is 0 Å². The number of rotatable bonds is 11. The van der Waals surface area contributed by atoms with Crippen LogP contribution >= 0.6 is 0 Å². The lowest BCUT2D eigenvalue weighted by Crippen LogP contribution is -2.43. The number of benzene rings is 4. The molecule has 238 valence electrons. The van der Waals surface area contributed by atoms with Gasteiger partial charge in [-0.25, -0.2) is 9.69 Å². The van der Waals surface area contributed by atoms with E-state index in [2.05, 4.69) is 0 Å². The highest BCUT2D eigenvalue weighted by Crippen LogP contribution is 2.47. The Kier molecular flexibility index (Phi) is 8.87. The summed E-state index contributed by atoms with van der Waals surface area (Å²) < 4.78 is 39.4. The summed E-state index contributed by atoms with van der Waals surface area (Å²) in [4.78, 5) is 29.1. The Morgan fingerprint density at radius 1 is 0.739 bits per heavy atom. The minimum Gasteiger partial charge on any atom is -0.493 e. The Balaban J connectivity index is 1.44. The van der Waals surface area contributed by atoms with Crippen molar-refractivity contribution in [3.8, 4) is 34.5 Å². The molecule has 1 fully saturated rings. The topological polar surface area (TPSA) is 102 Å². The second-order valence-corrected chi connectivity index (χ2v) is 10.9. The van der Waals surface area contributed by atoms with Crippen molar-refractivity contribution in [2.75, 3.05) is 41.8 Å². The summed E-state index contributed by atoms with van der Waals surface area (Å²) in [6.45, 7) is 0.107. The first kappa shape index (κ1) is 30.6. The normalized spacial score (nSPS) is 15.8. The Morgan fingerprint density at radius 2 is 1.30 bits per heavy atom. The van der Waals surface area contributed by atoms with E-state index in [1.165, 1.54) is 26.2 Å². The van der Waals surface area contributed by atoms with Gasteiger partial charge in [0.05, 0.1) is 34.5 Å². The molecule has 2 atom stereocenters. The molecular formula is C36H35NO9. The molecule has 10 heteroatoms. The summed E-state index contributed by atoms with van der Waals surface area (Å²) in [5.41, 5.74) is 3.33. The van der Waals surface area contributed by atoms with Crippen molar-refractivity contribution in [1.82, 2.24) is 4.90 Å². The number of hydrogen-bond donors (Lipinski definition) is 0. The van der Waals surface area contributed by atoms with Gasteiger partial charge in [-0.3, -0.25) is 4.79 Å². The van der Waals surface area contributed by atoms with Crippen LogP contribution < -0.4 is 28.4 Å². The second-order valence-electron chi connectivity index (χ2n) is 10.9. The van der Waals surface area contributed by atoms with Crippen LogP contribution in [0.5, 0.6) is 34.5 Å². The second kappa shape index (κ2) is 13.3. The zero-order chi connectivity index (χ0) is 32.2. The van der Waals surface area contributed by atoms with E-state index in [9.17, 15) is 9.59 Å². The minimum atomic E-state index is -0.682. The summed E-state index contributed by atoms with van der Waals surface area (Å²) in [6.07, 6.45) is -0.776. The fraction of sp³-hybridized carbons (Fsp3) is 0.278. The quantitative estimate of drug-likeness (QED) is 0.194. The Labute approximate surface area is 267 Å². The van der Waals surface area contributed by atoms with Crippen LogP contribution in [-0.4, -0.2) is 64.8 Å². The van der Waals surface area contributed by atoms with Crippen LogP contribution in [0.4, 0.5) is 4.79 Å². The fourth-order valence-electron chi connectivity index (χ4n) is 6.28. The largest absolute Gasteiger partial charge is 0.493 e. The molecule has 2 aliphatic rings. The number of methoxy groups -OCH3 is 4. The third-order valence-corrected chi connectivity index (χ3v) is 8.43. The van der Waals surface area contributed by atoms with Gasteiger partial charge in [0.15, 0.2) is 23.0 Å². The summed E-state index contributed by atoms with van der Waals surface area (Å²) in [7, 11) is 6.13. The van der Waals surface area contributed by atoms with Gasteiger partial charge >= 0.3 is 6.09 Å². The summed E-state index contributed by atoms with van der Waals surface area (Å²) >= 11 is 0. The summed E-state index contributed by atoms with van der Waals surface area (Å²) in [6, 6.07) is 26.3. The molecule has 0 aromatic heterocycles. The maximum absolute atomic E-state index is 14.5. The lowest BCUT2D eigenvalue weighted by molar-refractivity contribution is -0.129. The van der Waals surface area contributed by atoms with Gasteiger partial charge in [0.2, 0.25) is 24.2 Å². The van der Waals surface area contributed by atoms with E-state index in [0.717, 1.165) is 11.1 Å². The molecule has 1 saturated heterocycles. The number of hydrogen-bond acceptors (Lipinski definition) is 9. The zero-order valence-corrected chi connectivity index (χ0v) is 26.1. The predicted octanol–water partition coefficient (Wildman–Crippen LogP) is 6.15. The number of cyclic esters (lactones) is 1. The molecular weight excluding hydrogens is 590 g/mol. The monoisotopic (exact) mass is 625 g/mol. The average molecular weight is 626 g/mol. The number of imide groups is 1. The number of carbonyl (C=O) groups is 2. The van der Waals surface area contributed by atoms with E-state index < -0.39 is 24.0 Å². The molecule has 0 N–H and O–H groups in total. The summed E-state index contributed by atoms with van der Waals surface area (Å²) in [5.74, 6) is 1.40. The average Bonchev–Trinajstić information content (AvgIpc) is 3.73. The van der Waals surface area contributed by atoms with Crippen molar-refractivity contribution in [1.29, 1.82) is 0 Å². The van der Waals surface area contributed by atoms with E-state index in [4.69, 9.17) is 33.2 Å². The zero-order valence-electron chi connectivity index (χ0n) is 26.1. The van der Waals surface area contributed by atoms with Crippen molar-refractivity contribution in [3.05, 3.63) is 107 Å². The number of ether oxygens (including phenoxy) is 7. The van der Waals surface area contributed by atoms with E-state index in [-0.39, 0.29) is 25.7 Å². The maximum atomic E-state index is 14.5. The third-order valence-electron chi connectivity index (χ3n) is 8.43. The molecule has 4 aromatic carbocycles. The number of carbonyl (C=O) groups excluding carboxylic acids is 2. The van der Waals surface area contributed by atoms with Gasteiger partial charge in [-0.15, -0.1) is 0 Å². The highest BCUT2D eigenvalue weighted by Gasteiger charge is 2.44. The molecule has 6 rings (SSSR count). The molecule has 46 heavy (non-hydrogen) atoms. The van der Waals surface area contributed by atoms with Crippen LogP contribution in [0.15, 0.2) is 84.9 Å². The number of amides is 2. The minimum absolute atomic E-state index is 0.0462. The first-order valence-electron chi connectivity index (χ1n) is 14.8. The number of nitrogens with zero attached hydrogens (tertiary/aromatic N) is 1. The molecule has 2 aliphatic heterocycles. The highest BCUT2D eigenvalue weighted by atomic mass is 16.7. The van der Waals surface area contributed by atoms with Crippen LogP contribution in [0.1, 0.15) is 40.5 Å². The van der Waals surface area contributed by atoms with Gasteiger partial charge in [-0.2, -0.15) is 0 Å². The van der Waals surface area contributed by atoms with Gasteiger partial charge in [0.1, 0.15) is 6.61 Å². The maximum Gasteiger partial charge on any atom is 0.417 e. The van der Waals surface area contributed by atoms with Gasteiger partial charge in [-0.1, -0.05) is 60.7 Å². The highest BCUT2D eigenvalue weighted by molar-refractivity contribution is 5.94. The fourth-order valence-corrected chi connectivity index (χ4v) is 6.28. The van der Waals surface area contributed by atoms with Gasteiger partial charge < -0.3 is 33.2 Å². The molecule has 0 bridgehead atoms. The van der Waals surface area contributed by atoms with E-state index in [0.29, 0.717) is 45.6 Å². The molecule has 0 radical (unpaired) electrons. The predicted molar refractivity (Wildman–Crippen MR) is 168 cm³/mol.